The second-order valence-corrected chi connectivity index (χ2v) is 5.01. The van der Waals surface area contributed by atoms with Crippen LogP contribution in [0.15, 0.2) is 24.3 Å². The Bertz CT molecular complexity index is 472. The van der Waals surface area contributed by atoms with Gasteiger partial charge in [0.2, 0.25) is 5.91 Å². The van der Waals surface area contributed by atoms with Crippen LogP contribution in [0.1, 0.15) is 19.3 Å². The molecule has 1 heterocycles. The number of benzene rings is 1. The Balaban J connectivity index is 0.00000220. The smallest absolute Gasteiger partial charge is 0.316 e. The van der Waals surface area contributed by atoms with Gasteiger partial charge in [0, 0.05) is 17.8 Å². The van der Waals surface area contributed by atoms with Crippen LogP contribution < -0.4 is 21.7 Å². The van der Waals surface area contributed by atoms with E-state index < -0.39 is 6.03 Å². The Morgan fingerprint density at radius 3 is 2.33 bits per heavy atom. The topological polar surface area (TPSA) is 96.2 Å². The third kappa shape index (κ3) is 6.01. The van der Waals surface area contributed by atoms with E-state index in [-0.39, 0.29) is 18.3 Å². The van der Waals surface area contributed by atoms with E-state index in [4.69, 9.17) is 5.73 Å². The molecule has 0 radical (unpaired) electrons. The van der Waals surface area contributed by atoms with Gasteiger partial charge in [-0.1, -0.05) is 0 Å². The summed E-state index contributed by atoms with van der Waals surface area (Å²) in [6.07, 6.45) is 2.61. The van der Waals surface area contributed by atoms with E-state index in [0.717, 1.165) is 31.6 Å². The Hall–Kier alpha value is -1.79. The summed E-state index contributed by atoms with van der Waals surface area (Å²) in [5, 5.41) is 8.60. The van der Waals surface area contributed by atoms with E-state index in [9.17, 15) is 9.59 Å². The van der Waals surface area contributed by atoms with Crippen LogP contribution in [-0.4, -0.2) is 25.0 Å². The van der Waals surface area contributed by atoms with E-state index >= 15 is 0 Å². The van der Waals surface area contributed by atoms with E-state index in [1.54, 1.807) is 24.3 Å². The molecule has 0 saturated carbocycles. The van der Waals surface area contributed by atoms with Gasteiger partial charge in [-0.2, -0.15) is 0 Å². The molecule has 7 heteroatoms. The van der Waals surface area contributed by atoms with E-state index in [2.05, 4.69) is 16.0 Å². The van der Waals surface area contributed by atoms with Crippen molar-refractivity contribution in [3.63, 3.8) is 0 Å². The van der Waals surface area contributed by atoms with Gasteiger partial charge in [-0.15, -0.1) is 12.4 Å². The van der Waals surface area contributed by atoms with Crippen molar-refractivity contribution in [3.05, 3.63) is 24.3 Å². The van der Waals surface area contributed by atoms with Crippen LogP contribution >= 0.6 is 12.4 Å². The molecule has 1 aromatic carbocycles. The van der Waals surface area contributed by atoms with Gasteiger partial charge in [0.05, 0.1) is 0 Å². The molecule has 3 amide bonds. The van der Waals surface area contributed by atoms with Crippen molar-refractivity contribution < 1.29 is 9.59 Å². The summed E-state index contributed by atoms with van der Waals surface area (Å²) in [6.45, 7) is 2.07. The molecule has 1 fully saturated rings. The van der Waals surface area contributed by atoms with Gasteiger partial charge in [-0.3, -0.25) is 4.79 Å². The number of carbonyl (C=O) groups excluding carboxylic acids is 2. The number of primary amides is 1. The largest absolute Gasteiger partial charge is 0.351 e. The lowest BCUT2D eigenvalue weighted by molar-refractivity contribution is -0.116. The lowest BCUT2D eigenvalue weighted by Crippen LogP contribution is -2.19. The first kappa shape index (κ1) is 17.3. The van der Waals surface area contributed by atoms with Crippen molar-refractivity contribution in [1.82, 2.24) is 5.32 Å². The molecule has 1 saturated heterocycles. The van der Waals surface area contributed by atoms with Gasteiger partial charge in [0.25, 0.3) is 0 Å². The average Bonchev–Trinajstić information content (AvgIpc) is 2.91. The maximum Gasteiger partial charge on any atom is 0.316 e. The second kappa shape index (κ2) is 8.49. The monoisotopic (exact) mass is 312 g/mol. The molecule has 0 aromatic heterocycles. The molecule has 0 aliphatic carbocycles. The first-order valence-corrected chi connectivity index (χ1v) is 6.80. The Morgan fingerprint density at radius 1 is 1.19 bits per heavy atom. The molecule has 1 unspecified atom stereocenters. The van der Waals surface area contributed by atoms with E-state index in [1.165, 1.54) is 0 Å². The van der Waals surface area contributed by atoms with Crippen molar-refractivity contribution in [2.75, 3.05) is 23.7 Å². The maximum atomic E-state index is 11.8. The first-order valence-electron chi connectivity index (χ1n) is 6.80. The standard InChI is InChI=1S/C14H20N4O2.ClH/c15-14(20)18-12-4-2-11(3-5-12)17-13(19)6-1-10-7-8-16-9-10;/h2-5,10,16H,1,6-9H2,(H,17,19)(H3,15,18,20);1H. The summed E-state index contributed by atoms with van der Waals surface area (Å²) in [5.41, 5.74) is 6.34. The van der Waals surface area contributed by atoms with Crippen molar-refractivity contribution >= 4 is 35.7 Å². The Kier molecular flexibility index (Phi) is 6.98. The minimum Gasteiger partial charge on any atom is -0.351 e. The predicted molar refractivity (Wildman–Crippen MR) is 85.7 cm³/mol. The number of hydrogen-bond donors (Lipinski definition) is 4. The van der Waals surface area contributed by atoms with Crippen LogP contribution in [0.3, 0.4) is 0 Å². The molecule has 1 aromatic rings. The van der Waals surface area contributed by atoms with Crippen molar-refractivity contribution in [3.8, 4) is 0 Å². The molecular weight excluding hydrogens is 292 g/mol. The minimum absolute atomic E-state index is 0. The fraction of sp³-hybridized carbons (Fsp3) is 0.429. The number of urea groups is 1. The van der Waals surface area contributed by atoms with E-state index in [0.29, 0.717) is 18.0 Å². The summed E-state index contributed by atoms with van der Waals surface area (Å²) in [6, 6.07) is 6.26. The molecular formula is C14H21ClN4O2. The van der Waals surface area contributed by atoms with Crippen LogP contribution in [0.25, 0.3) is 0 Å². The summed E-state index contributed by atoms with van der Waals surface area (Å²) in [4.78, 5) is 22.5. The fourth-order valence-electron chi connectivity index (χ4n) is 2.30. The summed E-state index contributed by atoms with van der Waals surface area (Å²) in [5.74, 6) is 0.635. The molecule has 2 rings (SSSR count). The normalized spacial score (nSPS) is 16.9. The van der Waals surface area contributed by atoms with E-state index in [1.807, 2.05) is 0 Å². The van der Waals surface area contributed by atoms with Crippen LogP contribution in [0, 0.1) is 5.92 Å². The zero-order valence-electron chi connectivity index (χ0n) is 11.7. The molecule has 6 nitrogen and oxygen atoms in total. The predicted octanol–water partition coefficient (Wildman–Crippen LogP) is 1.93. The highest BCUT2D eigenvalue weighted by atomic mass is 35.5. The molecule has 5 N–H and O–H groups in total. The van der Waals surface area contributed by atoms with Gasteiger partial charge in [-0.25, -0.2) is 4.79 Å². The highest BCUT2D eigenvalue weighted by Crippen LogP contribution is 2.16. The number of amides is 3. The van der Waals surface area contributed by atoms with Crippen molar-refractivity contribution in [1.29, 1.82) is 0 Å². The zero-order chi connectivity index (χ0) is 14.4. The summed E-state index contributed by atoms with van der Waals surface area (Å²) >= 11 is 0. The molecule has 116 valence electrons. The number of halogens is 1. The van der Waals surface area contributed by atoms with Crippen LogP contribution in [0.4, 0.5) is 16.2 Å². The minimum atomic E-state index is -0.605. The lowest BCUT2D eigenvalue weighted by Gasteiger charge is -2.09. The SMILES string of the molecule is Cl.NC(=O)Nc1ccc(NC(=O)CCC2CCNC2)cc1. The zero-order valence-corrected chi connectivity index (χ0v) is 12.5. The number of hydrogen-bond acceptors (Lipinski definition) is 3. The number of nitrogens with two attached hydrogens (primary N) is 1. The molecule has 1 aliphatic heterocycles. The highest BCUT2D eigenvalue weighted by molar-refractivity contribution is 5.91. The van der Waals surface area contributed by atoms with Crippen molar-refractivity contribution in [2.45, 2.75) is 19.3 Å². The maximum absolute atomic E-state index is 11.8. The lowest BCUT2D eigenvalue weighted by atomic mass is 10.0. The molecule has 1 aliphatic rings. The van der Waals surface area contributed by atoms with Gasteiger partial charge in [0.1, 0.15) is 0 Å². The second-order valence-electron chi connectivity index (χ2n) is 5.01. The number of anilines is 2. The quantitative estimate of drug-likeness (QED) is 0.669. The van der Waals surface area contributed by atoms with Gasteiger partial charge < -0.3 is 21.7 Å². The average molecular weight is 313 g/mol. The number of rotatable bonds is 5. The summed E-state index contributed by atoms with van der Waals surface area (Å²) in [7, 11) is 0. The van der Waals surface area contributed by atoms with Gasteiger partial charge in [-0.05, 0) is 56.1 Å². The van der Waals surface area contributed by atoms with Crippen LogP contribution in [-0.2, 0) is 4.79 Å². The Morgan fingerprint density at radius 2 is 1.81 bits per heavy atom. The van der Waals surface area contributed by atoms with Gasteiger partial charge >= 0.3 is 6.03 Å². The highest BCUT2D eigenvalue weighted by Gasteiger charge is 2.15. The van der Waals surface area contributed by atoms with Gasteiger partial charge in [0.15, 0.2) is 0 Å². The number of carbonyl (C=O) groups is 2. The molecule has 1 atom stereocenters. The van der Waals surface area contributed by atoms with Crippen LogP contribution in [0.2, 0.25) is 0 Å². The number of nitrogens with one attached hydrogen (secondary N) is 3. The first-order chi connectivity index (χ1) is 9.63. The molecule has 21 heavy (non-hydrogen) atoms. The summed E-state index contributed by atoms with van der Waals surface area (Å²) < 4.78 is 0. The third-order valence-corrected chi connectivity index (χ3v) is 3.38. The Labute approximate surface area is 130 Å². The van der Waals surface area contributed by atoms with Crippen molar-refractivity contribution in [2.24, 2.45) is 11.7 Å². The van der Waals surface area contributed by atoms with Crippen LogP contribution in [0.5, 0.6) is 0 Å². The fourth-order valence-corrected chi connectivity index (χ4v) is 2.30. The third-order valence-electron chi connectivity index (χ3n) is 3.38. The molecule has 0 spiro atoms. The molecule has 0 bridgehead atoms.